The number of nitrogens with one attached hydrogen (secondary N) is 1. The van der Waals surface area contributed by atoms with Crippen LogP contribution in [-0.2, 0) is 14.6 Å². The van der Waals surface area contributed by atoms with Gasteiger partial charge in [-0.3, -0.25) is 4.79 Å². The van der Waals surface area contributed by atoms with E-state index < -0.39 is 9.84 Å². The van der Waals surface area contributed by atoms with Gasteiger partial charge in [-0.15, -0.1) is 0 Å². The van der Waals surface area contributed by atoms with Crippen molar-refractivity contribution in [3.63, 3.8) is 0 Å². The SMILES string of the molecule is CS(=O)(=O)CCC(=O)N1C[C@@H]2CNC[C@@H]2[C@@H]1c1cccc(F)c1. The van der Waals surface area contributed by atoms with Gasteiger partial charge >= 0.3 is 0 Å². The molecule has 23 heavy (non-hydrogen) atoms. The molecule has 0 spiro atoms. The third-order valence-corrected chi connectivity index (χ3v) is 5.71. The van der Waals surface area contributed by atoms with Gasteiger partial charge in [-0.25, -0.2) is 12.8 Å². The van der Waals surface area contributed by atoms with Crippen molar-refractivity contribution in [2.45, 2.75) is 12.5 Å². The van der Waals surface area contributed by atoms with E-state index in [-0.39, 0.29) is 35.9 Å². The average Bonchev–Trinajstić information content (AvgIpc) is 3.04. The van der Waals surface area contributed by atoms with Gasteiger partial charge in [0, 0.05) is 38.2 Å². The molecule has 2 aliphatic rings. The first-order valence-corrected chi connectivity index (χ1v) is 9.84. The Hall–Kier alpha value is -1.47. The maximum atomic E-state index is 13.6. The van der Waals surface area contributed by atoms with E-state index >= 15 is 0 Å². The number of hydrogen-bond acceptors (Lipinski definition) is 4. The van der Waals surface area contributed by atoms with Crippen LogP contribution in [-0.4, -0.2) is 50.9 Å². The van der Waals surface area contributed by atoms with E-state index in [1.165, 1.54) is 12.1 Å². The van der Waals surface area contributed by atoms with Gasteiger partial charge in [0.2, 0.25) is 5.91 Å². The normalized spacial score (nSPS) is 27.2. The second-order valence-corrected chi connectivity index (χ2v) is 8.77. The molecule has 1 aromatic rings. The summed E-state index contributed by atoms with van der Waals surface area (Å²) in [7, 11) is -3.18. The fraction of sp³-hybridized carbons (Fsp3) is 0.562. The highest BCUT2D eigenvalue weighted by atomic mass is 32.2. The molecule has 2 saturated heterocycles. The Morgan fingerprint density at radius 2 is 2.17 bits per heavy atom. The van der Waals surface area contributed by atoms with Crippen LogP contribution in [0.5, 0.6) is 0 Å². The van der Waals surface area contributed by atoms with Gasteiger partial charge in [0.1, 0.15) is 15.7 Å². The van der Waals surface area contributed by atoms with Crippen molar-refractivity contribution in [3.8, 4) is 0 Å². The summed E-state index contributed by atoms with van der Waals surface area (Å²) >= 11 is 0. The van der Waals surface area contributed by atoms with Crippen LogP contribution in [0.25, 0.3) is 0 Å². The maximum absolute atomic E-state index is 13.6. The van der Waals surface area contributed by atoms with E-state index in [1.807, 2.05) is 6.07 Å². The first-order valence-electron chi connectivity index (χ1n) is 7.78. The standard InChI is InChI=1S/C16H21FN2O3S/c1-23(21,22)6-5-15(20)19-10-12-8-18-9-14(12)16(19)11-3-2-4-13(17)7-11/h2-4,7,12,14,16,18H,5-6,8-10H2,1H3/t12-,14-,16-/m0/s1. The van der Waals surface area contributed by atoms with Crippen molar-refractivity contribution in [2.75, 3.05) is 31.6 Å². The van der Waals surface area contributed by atoms with Gasteiger partial charge in [0.25, 0.3) is 0 Å². The lowest BCUT2D eigenvalue weighted by molar-refractivity contribution is -0.132. The van der Waals surface area contributed by atoms with Crippen molar-refractivity contribution < 1.29 is 17.6 Å². The van der Waals surface area contributed by atoms with Crippen molar-refractivity contribution in [1.29, 1.82) is 0 Å². The number of rotatable bonds is 4. The van der Waals surface area contributed by atoms with Crippen LogP contribution in [0.15, 0.2) is 24.3 Å². The lowest BCUT2D eigenvalue weighted by atomic mass is 9.89. The second-order valence-electron chi connectivity index (χ2n) is 6.51. The van der Waals surface area contributed by atoms with Crippen molar-refractivity contribution in [3.05, 3.63) is 35.6 Å². The molecule has 1 N–H and O–H groups in total. The fourth-order valence-electron chi connectivity index (χ4n) is 3.71. The average molecular weight is 340 g/mol. The van der Waals surface area contributed by atoms with Crippen molar-refractivity contribution >= 4 is 15.7 Å². The quantitative estimate of drug-likeness (QED) is 0.887. The molecule has 0 bridgehead atoms. The summed E-state index contributed by atoms with van der Waals surface area (Å²) in [6.45, 7) is 2.23. The number of carbonyl (C=O) groups is 1. The number of halogens is 1. The van der Waals surface area contributed by atoms with E-state index in [9.17, 15) is 17.6 Å². The van der Waals surface area contributed by atoms with E-state index in [0.29, 0.717) is 12.5 Å². The zero-order valence-electron chi connectivity index (χ0n) is 13.0. The minimum atomic E-state index is -3.18. The Morgan fingerprint density at radius 3 is 2.87 bits per heavy atom. The number of hydrogen-bond donors (Lipinski definition) is 1. The molecule has 2 fully saturated rings. The molecule has 3 rings (SSSR count). The largest absolute Gasteiger partial charge is 0.335 e. The van der Waals surface area contributed by atoms with E-state index in [2.05, 4.69) is 5.32 Å². The molecule has 0 unspecified atom stereocenters. The number of amides is 1. The van der Waals surface area contributed by atoms with Gasteiger partial charge < -0.3 is 10.2 Å². The van der Waals surface area contributed by atoms with Crippen LogP contribution in [0.3, 0.4) is 0 Å². The maximum Gasteiger partial charge on any atom is 0.224 e. The number of likely N-dealkylation sites (tertiary alicyclic amines) is 1. The number of sulfone groups is 1. The smallest absolute Gasteiger partial charge is 0.224 e. The first-order chi connectivity index (χ1) is 10.8. The molecule has 5 nitrogen and oxygen atoms in total. The number of fused-ring (bicyclic) bond motifs is 1. The Kier molecular flexibility index (Phi) is 4.42. The molecule has 126 valence electrons. The molecular weight excluding hydrogens is 319 g/mol. The molecule has 7 heteroatoms. The lowest BCUT2D eigenvalue weighted by Gasteiger charge is -2.28. The molecule has 0 saturated carbocycles. The minimum Gasteiger partial charge on any atom is -0.335 e. The summed E-state index contributed by atoms with van der Waals surface area (Å²) in [5.41, 5.74) is 0.786. The fourth-order valence-corrected chi connectivity index (χ4v) is 4.26. The third-order valence-electron chi connectivity index (χ3n) is 4.76. The Morgan fingerprint density at radius 1 is 1.39 bits per heavy atom. The van der Waals surface area contributed by atoms with Crippen LogP contribution in [0.2, 0.25) is 0 Å². The summed E-state index contributed by atoms with van der Waals surface area (Å²) in [5.74, 6) is -0.0461. The van der Waals surface area contributed by atoms with Crippen LogP contribution in [0.1, 0.15) is 18.0 Å². The molecule has 3 atom stereocenters. The summed E-state index contributed by atoms with van der Waals surface area (Å²) in [6.07, 6.45) is 1.12. The monoisotopic (exact) mass is 340 g/mol. The topological polar surface area (TPSA) is 66.5 Å². The highest BCUT2D eigenvalue weighted by Crippen LogP contribution is 2.42. The summed E-state index contributed by atoms with van der Waals surface area (Å²) in [5, 5.41) is 3.33. The zero-order chi connectivity index (χ0) is 16.6. The molecule has 1 aromatic carbocycles. The van der Waals surface area contributed by atoms with Gasteiger partial charge in [0.15, 0.2) is 0 Å². The predicted molar refractivity (Wildman–Crippen MR) is 85.0 cm³/mol. The predicted octanol–water partition coefficient (Wildman–Crippen LogP) is 0.979. The van der Waals surface area contributed by atoms with Gasteiger partial charge in [-0.2, -0.15) is 0 Å². The second kappa shape index (κ2) is 6.20. The van der Waals surface area contributed by atoms with E-state index in [1.54, 1.807) is 11.0 Å². The number of benzene rings is 1. The summed E-state index contributed by atoms with van der Waals surface area (Å²) < 4.78 is 36.2. The Labute approximate surface area is 135 Å². The van der Waals surface area contributed by atoms with Crippen LogP contribution < -0.4 is 5.32 Å². The summed E-state index contributed by atoms with van der Waals surface area (Å²) in [6, 6.07) is 6.17. The molecule has 2 heterocycles. The Bertz CT molecular complexity index is 707. The van der Waals surface area contributed by atoms with Crippen LogP contribution in [0.4, 0.5) is 4.39 Å². The van der Waals surface area contributed by atoms with Gasteiger partial charge in [-0.05, 0) is 23.6 Å². The highest BCUT2D eigenvalue weighted by Gasteiger charge is 2.46. The zero-order valence-corrected chi connectivity index (χ0v) is 13.9. The molecule has 0 aliphatic carbocycles. The molecule has 0 aromatic heterocycles. The van der Waals surface area contributed by atoms with E-state index in [0.717, 1.165) is 24.9 Å². The molecular formula is C16H21FN2O3S. The molecule has 0 radical (unpaired) electrons. The lowest BCUT2D eigenvalue weighted by Crippen LogP contribution is -2.35. The van der Waals surface area contributed by atoms with Crippen LogP contribution >= 0.6 is 0 Å². The van der Waals surface area contributed by atoms with Crippen molar-refractivity contribution in [2.24, 2.45) is 11.8 Å². The summed E-state index contributed by atoms with van der Waals surface area (Å²) in [4.78, 5) is 14.3. The highest BCUT2D eigenvalue weighted by molar-refractivity contribution is 7.90. The van der Waals surface area contributed by atoms with E-state index in [4.69, 9.17) is 0 Å². The Balaban J connectivity index is 1.84. The number of nitrogens with zero attached hydrogens (tertiary/aromatic N) is 1. The van der Waals surface area contributed by atoms with Crippen molar-refractivity contribution in [1.82, 2.24) is 10.2 Å². The van der Waals surface area contributed by atoms with Crippen LogP contribution in [0, 0.1) is 17.7 Å². The van der Waals surface area contributed by atoms with Gasteiger partial charge in [0.05, 0.1) is 11.8 Å². The third kappa shape index (κ3) is 3.55. The molecule has 1 amide bonds. The number of carbonyl (C=O) groups excluding carboxylic acids is 1. The van der Waals surface area contributed by atoms with Gasteiger partial charge in [-0.1, -0.05) is 12.1 Å². The minimum absolute atomic E-state index is 0.0164. The first kappa shape index (κ1) is 16.4. The molecule has 2 aliphatic heterocycles.